The van der Waals surface area contributed by atoms with Crippen LogP contribution >= 0.6 is 0 Å². The van der Waals surface area contributed by atoms with Crippen molar-refractivity contribution in [2.24, 2.45) is 0 Å². The summed E-state index contributed by atoms with van der Waals surface area (Å²) in [6.07, 6.45) is 1.74. The zero-order valence-electron chi connectivity index (χ0n) is 24.0. The van der Waals surface area contributed by atoms with Crippen LogP contribution in [0.4, 0.5) is 10.2 Å². The van der Waals surface area contributed by atoms with E-state index in [1.54, 1.807) is 49.2 Å². The summed E-state index contributed by atoms with van der Waals surface area (Å²) >= 11 is 0. The summed E-state index contributed by atoms with van der Waals surface area (Å²) in [7, 11) is 3.26. The maximum atomic E-state index is 13.9. The number of methoxy groups -OCH3 is 2. The number of rotatable bonds is 10. The normalized spacial score (nSPS) is 10.8. The molecule has 0 aliphatic carbocycles. The van der Waals surface area contributed by atoms with Gasteiger partial charge in [-0.2, -0.15) is 10.2 Å². The Kier molecular flexibility index (Phi) is 8.01. The molecule has 0 aliphatic rings. The molecule has 10 heteroatoms. The molecule has 0 aliphatic heterocycles. The molecule has 6 rings (SSSR count). The van der Waals surface area contributed by atoms with E-state index >= 15 is 0 Å². The molecule has 0 saturated carbocycles. The lowest BCUT2D eigenvalue weighted by Crippen LogP contribution is -2.24. The number of fused-ring (bicyclic) bond motifs is 1. The van der Waals surface area contributed by atoms with Crippen molar-refractivity contribution in [2.45, 2.75) is 13.1 Å². The van der Waals surface area contributed by atoms with E-state index in [-0.39, 0.29) is 11.8 Å². The molecule has 0 unspecified atom stereocenters. The zero-order valence-corrected chi connectivity index (χ0v) is 24.0. The molecule has 0 fully saturated rings. The Balaban J connectivity index is 1.49. The minimum Gasteiger partial charge on any atom is -0.497 e. The largest absolute Gasteiger partial charge is 0.497 e. The highest BCUT2D eigenvalue weighted by molar-refractivity contribution is 5.71. The number of nitriles is 1. The first-order chi connectivity index (χ1) is 21.5. The summed E-state index contributed by atoms with van der Waals surface area (Å²) in [5.41, 5.74) is 4.32. The van der Waals surface area contributed by atoms with Crippen LogP contribution in [0.15, 0.2) is 103 Å². The topological polar surface area (TPSA) is 97.8 Å². The average Bonchev–Trinajstić information content (AvgIpc) is 3.47. The lowest BCUT2D eigenvalue weighted by Gasteiger charge is -2.25. The van der Waals surface area contributed by atoms with Crippen molar-refractivity contribution < 1.29 is 18.6 Å². The molecule has 0 N–H and O–H groups in total. The fraction of sp³-hybridized carbons (Fsp3) is 0.118. The Morgan fingerprint density at radius 1 is 0.795 bits per heavy atom. The molecule has 2 heterocycles. The highest BCUT2D eigenvalue weighted by Gasteiger charge is 2.21. The van der Waals surface area contributed by atoms with Crippen molar-refractivity contribution in [2.75, 3.05) is 19.1 Å². The summed E-state index contributed by atoms with van der Waals surface area (Å²) in [6.45, 7) is 0.959. The van der Waals surface area contributed by atoms with Crippen molar-refractivity contribution in [3.05, 3.63) is 126 Å². The second-order valence-electron chi connectivity index (χ2n) is 9.92. The Hall–Kier alpha value is -5.95. The average molecular weight is 587 g/mol. The van der Waals surface area contributed by atoms with Crippen LogP contribution in [0.1, 0.15) is 16.7 Å². The molecule has 2 aromatic heterocycles. The number of aromatic nitrogens is 4. The van der Waals surface area contributed by atoms with Gasteiger partial charge in [-0.25, -0.2) is 13.9 Å². The van der Waals surface area contributed by atoms with Gasteiger partial charge in [-0.15, -0.1) is 5.10 Å². The van der Waals surface area contributed by atoms with Crippen LogP contribution in [0.25, 0.3) is 16.9 Å². The van der Waals surface area contributed by atoms with Gasteiger partial charge in [0.25, 0.3) is 0 Å². The smallest absolute Gasteiger partial charge is 0.342 e. The molecule has 0 bridgehead atoms. The van der Waals surface area contributed by atoms with E-state index in [4.69, 9.17) is 19.2 Å². The third-order valence-corrected chi connectivity index (χ3v) is 6.94. The number of benzene rings is 4. The molecule has 218 valence electrons. The third kappa shape index (κ3) is 6.27. The number of hydrogen-bond acceptors (Lipinski definition) is 8. The Morgan fingerprint density at radius 3 is 2.07 bits per heavy atom. The van der Waals surface area contributed by atoms with Crippen molar-refractivity contribution in [1.82, 2.24) is 19.6 Å². The molecule has 0 radical (unpaired) electrons. The summed E-state index contributed by atoms with van der Waals surface area (Å²) in [5.74, 6) is 1.89. The van der Waals surface area contributed by atoms with Crippen LogP contribution in [0.5, 0.6) is 23.3 Å². The second-order valence-corrected chi connectivity index (χ2v) is 9.92. The molecular weight excluding hydrogens is 559 g/mol. The van der Waals surface area contributed by atoms with Crippen molar-refractivity contribution in [3.63, 3.8) is 0 Å². The Bertz CT molecular complexity index is 1900. The van der Waals surface area contributed by atoms with Gasteiger partial charge in [-0.3, -0.25) is 0 Å². The predicted molar refractivity (Wildman–Crippen MR) is 163 cm³/mol. The predicted octanol–water partition coefficient (Wildman–Crippen LogP) is 6.82. The van der Waals surface area contributed by atoms with Crippen LogP contribution in [-0.2, 0) is 13.1 Å². The van der Waals surface area contributed by atoms with Gasteiger partial charge in [0.15, 0.2) is 5.82 Å². The molecule has 0 saturated heterocycles. The summed E-state index contributed by atoms with van der Waals surface area (Å²) in [4.78, 5) is 11.8. The number of nitrogens with zero attached hydrogens (tertiary/aromatic N) is 6. The van der Waals surface area contributed by atoms with E-state index < -0.39 is 5.82 Å². The SMILES string of the molecule is COc1ccc(CN(Cc2ccc(OC)cc2)c2nc(-c3cccc(C#N)c3)cn3nc(Oc4cccc(F)c4)nc23)cc1. The fourth-order valence-electron chi connectivity index (χ4n) is 4.74. The molecule has 4 aromatic carbocycles. The van der Waals surface area contributed by atoms with Crippen molar-refractivity contribution >= 4 is 11.5 Å². The van der Waals surface area contributed by atoms with Crippen LogP contribution in [0.3, 0.4) is 0 Å². The van der Waals surface area contributed by atoms with Gasteiger partial charge in [0.1, 0.15) is 23.1 Å². The summed E-state index contributed by atoms with van der Waals surface area (Å²) in [5, 5.41) is 14.1. The van der Waals surface area contributed by atoms with Crippen LogP contribution < -0.4 is 19.1 Å². The first-order valence-electron chi connectivity index (χ1n) is 13.7. The quantitative estimate of drug-likeness (QED) is 0.173. The van der Waals surface area contributed by atoms with Gasteiger partial charge in [0, 0.05) is 24.7 Å². The number of halogens is 1. The number of anilines is 1. The van der Waals surface area contributed by atoms with Crippen LogP contribution in [0.2, 0.25) is 0 Å². The molecule has 44 heavy (non-hydrogen) atoms. The van der Waals surface area contributed by atoms with Crippen LogP contribution in [-0.4, -0.2) is 33.8 Å². The molecular formula is C34H27FN6O3. The first-order valence-corrected chi connectivity index (χ1v) is 13.7. The molecule has 9 nitrogen and oxygen atoms in total. The molecule has 0 spiro atoms. The highest BCUT2D eigenvalue weighted by atomic mass is 19.1. The Labute approximate surface area is 253 Å². The lowest BCUT2D eigenvalue weighted by molar-refractivity contribution is 0.414. The maximum absolute atomic E-state index is 13.9. The van der Waals surface area contributed by atoms with E-state index in [1.165, 1.54) is 12.1 Å². The summed E-state index contributed by atoms with van der Waals surface area (Å²) in [6, 6.07) is 30.9. The number of hydrogen-bond donors (Lipinski definition) is 0. The molecule has 0 atom stereocenters. The van der Waals surface area contributed by atoms with E-state index in [0.717, 1.165) is 28.2 Å². The minimum atomic E-state index is -0.432. The first kappa shape index (κ1) is 28.2. The van der Waals surface area contributed by atoms with Gasteiger partial charge in [-0.05, 0) is 59.7 Å². The van der Waals surface area contributed by atoms with Crippen molar-refractivity contribution in [3.8, 4) is 40.6 Å². The monoisotopic (exact) mass is 586 g/mol. The third-order valence-electron chi connectivity index (χ3n) is 6.94. The second kappa shape index (κ2) is 12.5. The highest BCUT2D eigenvalue weighted by Crippen LogP contribution is 2.30. The Morgan fingerprint density at radius 2 is 1.45 bits per heavy atom. The van der Waals surface area contributed by atoms with Crippen LogP contribution in [0, 0.1) is 17.1 Å². The van der Waals surface area contributed by atoms with Gasteiger partial charge >= 0.3 is 6.01 Å². The lowest BCUT2D eigenvalue weighted by atomic mass is 10.1. The van der Waals surface area contributed by atoms with Gasteiger partial charge in [-0.1, -0.05) is 42.5 Å². The fourth-order valence-corrected chi connectivity index (χ4v) is 4.74. The van der Waals surface area contributed by atoms with Gasteiger partial charge in [0.05, 0.1) is 37.7 Å². The van der Waals surface area contributed by atoms with Gasteiger partial charge in [0.2, 0.25) is 5.65 Å². The maximum Gasteiger partial charge on any atom is 0.342 e. The molecule has 6 aromatic rings. The van der Waals surface area contributed by atoms with E-state index in [0.29, 0.717) is 35.8 Å². The minimum absolute atomic E-state index is 0.0374. The standard InChI is InChI=1S/C34H27FN6O3/c1-42-28-13-9-23(10-14-28)20-40(21-24-11-15-29(43-2)16-12-24)32-33-38-34(44-30-8-4-7-27(35)18-30)39-41(33)22-31(37-32)26-6-3-5-25(17-26)19-36/h3-18,22H,20-21H2,1-2H3. The van der Waals surface area contributed by atoms with E-state index in [9.17, 15) is 9.65 Å². The van der Waals surface area contributed by atoms with Gasteiger partial charge < -0.3 is 19.1 Å². The van der Waals surface area contributed by atoms with E-state index in [2.05, 4.69) is 21.1 Å². The van der Waals surface area contributed by atoms with E-state index in [1.807, 2.05) is 60.7 Å². The number of ether oxygens (including phenoxy) is 3. The zero-order chi connectivity index (χ0) is 30.5. The van der Waals surface area contributed by atoms with Crippen molar-refractivity contribution in [1.29, 1.82) is 5.26 Å². The molecule has 0 amide bonds. The summed E-state index contributed by atoms with van der Waals surface area (Å²) < 4.78 is 32.0.